The average molecular weight is 459 g/mol. The van der Waals surface area contributed by atoms with E-state index in [-0.39, 0.29) is 12.4 Å². The number of ether oxygens (including phenoxy) is 2. The Kier molecular flexibility index (Phi) is 7.96. The third kappa shape index (κ3) is 5.84. The van der Waals surface area contributed by atoms with Crippen LogP contribution in [0.4, 0.5) is 5.69 Å². The van der Waals surface area contributed by atoms with Gasteiger partial charge in [0, 0.05) is 49.9 Å². The van der Waals surface area contributed by atoms with Gasteiger partial charge in [0.1, 0.15) is 5.58 Å². The molecular formula is C28H30N2O4. The van der Waals surface area contributed by atoms with Gasteiger partial charge in [0.25, 0.3) is 0 Å². The first kappa shape index (κ1) is 23.5. The van der Waals surface area contributed by atoms with Crippen molar-refractivity contribution in [2.45, 2.75) is 25.9 Å². The fourth-order valence-corrected chi connectivity index (χ4v) is 3.97. The number of furan rings is 1. The molecule has 0 saturated carbocycles. The molecule has 3 N–H and O–H groups in total. The van der Waals surface area contributed by atoms with Gasteiger partial charge in [0.15, 0.2) is 0 Å². The van der Waals surface area contributed by atoms with E-state index in [0.29, 0.717) is 32.7 Å². The molecule has 4 rings (SSSR count). The maximum Gasteiger partial charge on any atom is 0.310 e. The Balaban J connectivity index is 1.51. The number of methoxy groups -OCH3 is 1. The summed E-state index contributed by atoms with van der Waals surface area (Å²) in [5, 5.41) is 4.53. The molecule has 0 aliphatic heterocycles. The number of carbonyl (C=O) groups is 1. The molecule has 0 spiro atoms. The Bertz CT molecular complexity index is 1250. The topological polar surface area (TPSA) is 86.7 Å². The zero-order chi connectivity index (χ0) is 23.8. The summed E-state index contributed by atoms with van der Waals surface area (Å²) >= 11 is 0. The van der Waals surface area contributed by atoms with E-state index >= 15 is 0 Å². The van der Waals surface area contributed by atoms with Crippen molar-refractivity contribution in [3.63, 3.8) is 0 Å². The normalized spacial score (nSPS) is 11.0. The minimum Gasteiger partial charge on any atom is -0.465 e. The zero-order valence-corrected chi connectivity index (χ0v) is 19.4. The second-order valence-electron chi connectivity index (χ2n) is 8.14. The van der Waals surface area contributed by atoms with Gasteiger partial charge >= 0.3 is 5.97 Å². The lowest BCUT2D eigenvalue weighted by atomic mass is 9.98. The Morgan fingerprint density at radius 1 is 1.00 bits per heavy atom. The molecule has 0 fully saturated rings. The number of nitrogens with two attached hydrogens (primary N) is 1. The molecular weight excluding hydrogens is 428 g/mol. The van der Waals surface area contributed by atoms with Crippen molar-refractivity contribution >= 4 is 22.6 Å². The number of nitrogens with one attached hydrogen (secondary N) is 1. The molecule has 0 amide bonds. The lowest BCUT2D eigenvalue weighted by Crippen LogP contribution is -2.12. The van der Waals surface area contributed by atoms with Crippen molar-refractivity contribution in [3.8, 4) is 11.1 Å². The summed E-state index contributed by atoms with van der Waals surface area (Å²) in [6, 6.07) is 22.3. The van der Waals surface area contributed by atoms with Crippen molar-refractivity contribution in [1.29, 1.82) is 0 Å². The van der Waals surface area contributed by atoms with E-state index in [1.54, 1.807) is 13.4 Å². The summed E-state index contributed by atoms with van der Waals surface area (Å²) < 4.78 is 16.1. The van der Waals surface area contributed by atoms with Gasteiger partial charge in [-0.2, -0.15) is 0 Å². The number of hydrogen-bond donors (Lipinski definition) is 2. The van der Waals surface area contributed by atoms with Crippen LogP contribution in [0.3, 0.4) is 0 Å². The van der Waals surface area contributed by atoms with Crippen LogP contribution < -0.4 is 11.1 Å². The molecule has 6 nitrogen and oxygen atoms in total. The van der Waals surface area contributed by atoms with Crippen molar-refractivity contribution < 1.29 is 18.7 Å². The molecule has 0 radical (unpaired) electrons. The van der Waals surface area contributed by atoms with Gasteiger partial charge in [-0.25, -0.2) is 0 Å². The maximum absolute atomic E-state index is 12.3. The van der Waals surface area contributed by atoms with Crippen LogP contribution >= 0.6 is 0 Å². The molecule has 0 saturated heterocycles. The number of anilines is 1. The van der Waals surface area contributed by atoms with E-state index in [1.165, 1.54) is 0 Å². The fourth-order valence-electron chi connectivity index (χ4n) is 3.97. The first-order valence-corrected chi connectivity index (χ1v) is 11.4. The number of rotatable bonds is 11. The average Bonchev–Trinajstić information content (AvgIpc) is 3.34. The zero-order valence-electron chi connectivity index (χ0n) is 19.4. The predicted octanol–water partition coefficient (Wildman–Crippen LogP) is 5.29. The third-order valence-electron chi connectivity index (χ3n) is 5.68. The predicted molar refractivity (Wildman–Crippen MR) is 134 cm³/mol. The number of para-hydroxylation sites is 1. The number of fused-ring (bicyclic) bond motifs is 1. The van der Waals surface area contributed by atoms with Crippen LogP contribution in [-0.2, 0) is 33.8 Å². The van der Waals surface area contributed by atoms with E-state index < -0.39 is 0 Å². The van der Waals surface area contributed by atoms with Gasteiger partial charge in [-0.1, -0.05) is 36.4 Å². The minimum atomic E-state index is -0.243. The van der Waals surface area contributed by atoms with Crippen LogP contribution in [0.1, 0.15) is 23.1 Å². The molecule has 0 aliphatic carbocycles. The summed E-state index contributed by atoms with van der Waals surface area (Å²) in [5.41, 5.74) is 12.8. The highest BCUT2D eigenvalue weighted by atomic mass is 16.5. The molecule has 0 atom stereocenters. The first-order valence-electron chi connectivity index (χ1n) is 11.4. The van der Waals surface area contributed by atoms with Crippen LogP contribution in [-0.4, -0.2) is 26.3 Å². The lowest BCUT2D eigenvalue weighted by molar-refractivity contribution is -0.143. The monoisotopic (exact) mass is 458 g/mol. The van der Waals surface area contributed by atoms with E-state index in [9.17, 15) is 4.79 Å². The quantitative estimate of drug-likeness (QED) is 0.235. The van der Waals surface area contributed by atoms with Crippen LogP contribution in [0.5, 0.6) is 0 Å². The number of carbonyl (C=O) groups excluding carboxylic acids is 1. The van der Waals surface area contributed by atoms with E-state index in [1.807, 2.05) is 42.5 Å². The fraction of sp³-hybridized carbons (Fsp3) is 0.250. The van der Waals surface area contributed by atoms with Gasteiger partial charge in [0.2, 0.25) is 0 Å². The van der Waals surface area contributed by atoms with Crippen LogP contribution in [0, 0.1) is 0 Å². The highest BCUT2D eigenvalue weighted by molar-refractivity contribution is 5.93. The molecule has 34 heavy (non-hydrogen) atoms. The lowest BCUT2D eigenvalue weighted by Gasteiger charge is -2.13. The molecule has 4 aromatic rings. The van der Waals surface area contributed by atoms with Crippen LogP contribution in [0.15, 0.2) is 77.4 Å². The van der Waals surface area contributed by atoms with Gasteiger partial charge in [-0.15, -0.1) is 0 Å². The highest BCUT2D eigenvalue weighted by Crippen LogP contribution is 2.32. The first-order chi connectivity index (χ1) is 16.7. The maximum atomic E-state index is 12.3. The summed E-state index contributed by atoms with van der Waals surface area (Å²) in [6.07, 6.45) is 2.62. The SMILES string of the molecule is COCCCOC(=O)Cc1ccccc1NCc1cc(-c2cccc(CN)c2)c2occc2c1. The number of hydrogen-bond acceptors (Lipinski definition) is 6. The van der Waals surface area contributed by atoms with Crippen molar-refractivity contribution in [2.75, 3.05) is 25.6 Å². The number of benzene rings is 3. The molecule has 3 aromatic carbocycles. The standard InChI is InChI=1S/C28H30N2O4/c1-32-11-5-12-33-27(31)17-23-7-2-3-9-26(23)30-19-21-15-24-10-13-34-28(24)25(16-21)22-8-4-6-20(14-22)18-29/h2-4,6-10,13-16,30H,5,11-12,17-19,29H2,1H3. The van der Waals surface area contributed by atoms with E-state index in [2.05, 4.69) is 29.6 Å². The molecule has 6 heteroatoms. The second kappa shape index (κ2) is 11.5. The van der Waals surface area contributed by atoms with Crippen molar-refractivity contribution in [2.24, 2.45) is 5.73 Å². The van der Waals surface area contributed by atoms with E-state index in [4.69, 9.17) is 19.6 Å². The van der Waals surface area contributed by atoms with Gasteiger partial charge < -0.3 is 24.9 Å². The second-order valence-corrected chi connectivity index (χ2v) is 8.14. The van der Waals surface area contributed by atoms with Crippen LogP contribution in [0.25, 0.3) is 22.1 Å². The highest BCUT2D eigenvalue weighted by Gasteiger charge is 2.12. The molecule has 176 valence electrons. The number of esters is 1. The van der Waals surface area contributed by atoms with Gasteiger partial charge in [-0.3, -0.25) is 4.79 Å². The molecule has 1 aromatic heterocycles. The Hall–Kier alpha value is -3.61. The van der Waals surface area contributed by atoms with E-state index in [0.717, 1.165) is 44.5 Å². The van der Waals surface area contributed by atoms with Gasteiger partial charge in [-0.05, 0) is 52.6 Å². The van der Waals surface area contributed by atoms with Crippen molar-refractivity contribution in [1.82, 2.24) is 0 Å². The molecule has 0 unspecified atom stereocenters. The molecule has 0 bridgehead atoms. The third-order valence-corrected chi connectivity index (χ3v) is 5.68. The Labute approximate surface area is 199 Å². The Morgan fingerprint density at radius 3 is 2.74 bits per heavy atom. The molecule has 1 heterocycles. The summed E-state index contributed by atoms with van der Waals surface area (Å²) in [7, 11) is 1.63. The Morgan fingerprint density at radius 2 is 1.88 bits per heavy atom. The minimum absolute atomic E-state index is 0.216. The van der Waals surface area contributed by atoms with Crippen molar-refractivity contribution in [3.05, 3.63) is 89.7 Å². The van der Waals surface area contributed by atoms with Gasteiger partial charge in [0.05, 0.1) is 19.3 Å². The summed E-state index contributed by atoms with van der Waals surface area (Å²) in [5.74, 6) is -0.243. The smallest absolute Gasteiger partial charge is 0.310 e. The van der Waals surface area contributed by atoms with Crippen LogP contribution in [0.2, 0.25) is 0 Å². The summed E-state index contributed by atoms with van der Waals surface area (Å²) in [6.45, 7) is 2.03. The molecule has 0 aliphatic rings. The largest absolute Gasteiger partial charge is 0.465 e. The summed E-state index contributed by atoms with van der Waals surface area (Å²) in [4.78, 5) is 12.3.